The lowest BCUT2D eigenvalue weighted by atomic mass is 10.0. The largest absolute Gasteiger partial charge is 0.478 e. The molecule has 26 heavy (non-hydrogen) atoms. The van der Waals surface area contributed by atoms with Crippen molar-refractivity contribution in [1.82, 2.24) is 0 Å². The standard InChI is InChI=1S/C17H10O9/c18-13(19)8-5-6-10(15(22)23)12(7-8)17(25)26-16(24)11-4-2-1-3-9(11)14(20)21/h1-7H,(H,18,19)(H,20,21)(H,22,23). The second-order valence-electron chi connectivity index (χ2n) is 4.90. The summed E-state index contributed by atoms with van der Waals surface area (Å²) < 4.78 is 4.54. The SMILES string of the molecule is O=C(O)c1ccc(C(=O)O)c(C(=O)OC(=O)c2ccccc2C(=O)O)c1. The van der Waals surface area contributed by atoms with Gasteiger partial charge < -0.3 is 20.1 Å². The van der Waals surface area contributed by atoms with E-state index in [1.54, 1.807) is 0 Å². The maximum Gasteiger partial charge on any atom is 0.346 e. The van der Waals surface area contributed by atoms with E-state index in [1.807, 2.05) is 0 Å². The molecule has 2 aromatic carbocycles. The lowest BCUT2D eigenvalue weighted by molar-refractivity contribution is 0.0386. The molecule has 0 aromatic heterocycles. The van der Waals surface area contributed by atoms with Crippen LogP contribution in [-0.4, -0.2) is 45.2 Å². The molecule has 0 heterocycles. The van der Waals surface area contributed by atoms with Crippen LogP contribution in [0, 0.1) is 0 Å². The minimum Gasteiger partial charge on any atom is -0.478 e. The molecule has 0 unspecified atom stereocenters. The van der Waals surface area contributed by atoms with E-state index >= 15 is 0 Å². The molecule has 0 atom stereocenters. The van der Waals surface area contributed by atoms with Crippen molar-refractivity contribution in [3.05, 3.63) is 70.3 Å². The number of carboxylic acid groups (broad SMARTS) is 3. The maximum absolute atomic E-state index is 12.2. The van der Waals surface area contributed by atoms with Crippen LogP contribution in [0.4, 0.5) is 0 Å². The van der Waals surface area contributed by atoms with Crippen LogP contribution in [-0.2, 0) is 4.74 Å². The molecule has 0 amide bonds. The van der Waals surface area contributed by atoms with Crippen LogP contribution in [0.5, 0.6) is 0 Å². The van der Waals surface area contributed by atoms with Crippen molar-refractivity contribution in [3.8, 4) is 0 Å². The molecule has 0 radical (unpaired) electrons. The third-order valence-corrected chi connectivity index (χ3v) is 3.28. The van der Waals surface area contributed by atoms with Gasteiger partial charge in [0.2, 0.25) is 0 Å². The Kier molecular flexibility index (Phi) is 5.12. The Balaban J connectivity index is 2.40. The predicted octanol–water partition coefficient (Wildman–Crippen LogP) is 1.78. The summed E-state index contributed by atoms with van der Waals surface area (Å²) >= 11 is 0. The average molecular weight is 358 g/mol. The first-order valence-corrected chi connectivity index (χ1v) is 6.92. The van der Waals surface area contributed by atoms with E-state index in [0.717, 1.165) is 30.3 Å². The molecule has 2 rings (SSSR count). The van der Waals surface area contributed by atoms with Crippen LogP contribution in [0.1, 0.15) is 51.8 Å². The number of rotatable bonds is 5. The number of carbonyl (C=O) groups excluding carboxylic acids is 2. The molecule has 9 heteroatoms. The van der Waals surface area contributed by atoms with Crippen LogP contribution in [0.25, 0.3) is 0 Å². The quantitative estimate of drug-likeness (QED) is 0.535. The van der Waals surface area contributed by atoms with Crippen LogP contribution in [0.15, 0.2) is 42.5 Å². The number of ether oxygens (including phenoxy) is 1. The number of benzene rings is 2. The van der Waals surface area contributed by atoms with Gasteiger partial charge in [0.15, 0.2) is 0 Å². The van der Waals surface area contributed by atoms with E-state index in [1.165, 1.54) is 12.1 Å². The highest BCUT2D eigenvalue weighted by molar-refractivity contribution is 6.11. The van der Waals surface area contributed by atoms with Gasteiger partial charge in [-0.2, -0.15) is 0 Å². The Labute approximate surface area is 145 Å². The molecule has 0 bridgehead atoms. The molecular weight excluding hydrogens is 348 g/mol. The fourth-order valence-corrected chi connectivity index (χ4v) is 2.07. The smallest absolute Gasteiger partial charge is 0.346 e. The van der Waals surface area contributed by atoms with Crippen LogP contribution in [0.3, 0.4) is 0 Å². The first-order valence-electron chi connectivity index (χ1n) is 6.92. The zero-order valence-electron chi connectivity index (χ0n) is 12.8. The first kappa shape index (κ1) is 18.3. The van der Waals surface area contributed by atoms with E-state index in [-0.39, 0.29) is 5.56 Å². The molecule has 0 aliphatic carbocycles. The van der Waals surface area contributed by atoms with Crippen LogP contribution < -0.4 is 0 Å². The molecule has 2 aromatic rings. The van der Waals surface area contributed by atoms with Gasteiger partial charge in [-0.25, -0.2) is 24.0 Å². The molecule has 0 saturated heterocycles. The fourth-order valence-electron chi connectivity index (χ4n) is 2.07. The van der Waals surface area contributed by atoms with Gasteiger partial charge >= 0.3 is 29.8 Å². The molecule has 0 aliphatic rings. The average Bonchev–Trinajstić information content (AvgIpc) is 2.60. The van der Waals surface area contributed by atoms with Gasteiger partial charge in [-0.3, -0.25) is 0 Å². The van der Waals surface area contributed by atoms with Gasteiger partial charge in [0.25, 0.3) is 0 Å². The lowest BCUT2D eigenvalue weighted by Gasteiger charge is -2.08. The molecule has 0 fully saturated rings. The van der Waals surface area contributed by atoms with Gasteiger partial charge in [0.05, 0.1) is 27.8 Å². The lowest BCUT2D eigenvalue weighted by Crippen LogP contribution is -2.19. The summed E-state index contributed by atoms with van der Waals surface area (Å²) in [4.78, 5) is 57.5. The van der Waals surface area contributed by atoms with E-state index < -0.39 is 52.1 Å². The fraction of sp³-hybridized carbons (Fsp3) is 0. The first-order chi connectivity index (χ1) is 12.2. The summed E-state index contributed by atoms with van der Waals surface area (Å²) in [6.07, 6.45) is 0. The van der Waals surface area contributed by atoms with Gasteiger partial charge in [-0.1, -0.05) is 12.1 Å². The van der Waals surface area contributed by atoms with Crippen LogP contribution in [0.2, 0.25) is 0 Å². The van der Waals surface area contributed by atoms with Crippen LogP contribution >= 0.6 is 0 Å². The number of carbonyl (C=O) groups is 5. The number of aromatic carboxylic acids is 3. The van der Waals surface area contributed by atoms with E-state index in [4.69, 9.17) is 15.3 Å². The number of hydrogen-bond acceptors (Lipinski definition) is 6. The summed E-state index contributed by atoms with van der Waals surface area (Å²) in [6.45, 7) is 0. The van der Waals surface area contributed by atoms with Crippen molar-refractivity contribution in [2.24, 2.45) is 0 Å². The number of carboxylic acids is 3. The van der Waals surface area contributed by atoms with Crippen molar-refractivity contribution in [1.29, 1.82) is 0 Å². The third-order valence-electron chi connectivity index (χ3n) is 3.28. The summed E-state index contributed by atoms with van der Waals surface area (Å²) in [5.41, 5.74) is -2.44. The Morgan fingerprint density at radius 3 is 1.65 bits per heavy atom. The molecule has 0 aliphatic heterocycles. The Morgan fingerprint density at radius 1 is 0.615 bits per heavy atom. The van der Waals surface area contributed by atoms with Gasteiger partial charge in [0, 0.05) is 0 Å². The Morgan fingerprint density at radius 2 is 1.12 bits per heavy atom. The molecule has 0 saturated carbocycles. The van der Waals surface area contributed by atoms with Gasteiger partial charge in [-0.15, -0.1) is 0 Å². The number of esters is 2. The zero-order valence-corrected chi connectivity index (χ0v) is 12.8. The zero-order chi connectivity index (χ0) is 19.4. The monoisotopic (exact) mass is 358 g/mol. The van der Waals surface area contributed by atoms with Crippen molar-refractivity contribution >= 4 is 29.8 Å². The van der Waals surface area contributed by atoms with Crippen molar-refractivity contribution in [2.45, 2.75) is 0 Å². The predicted molar refractivity (Wildman–Crippen MR) is 83.5 cm³/mol. The van der Waals surface area contributed by atoms with Crippen molar-refractivity contribution < 1.29 is 44.0 Å². The van der Waals surface area contributed by atoms with Crippen molar-refractivity contribution in [3.63, 3.8) is 0 Å². The molecular formula is C17H10O9. The second-order valence-corrected chi connectivity index (χ2v) is 4.90. The normalized spacial score (nSPS) is 10.0. The highest BCUT2D eigenvalue weighted by atomic mass is 16.6. The topological polar surface area (TPSA) is 155 Å². The highest BCUT2D eigenvalue weighted by Gasteiger charge is 2.25. The second kappa shape index (κ2) is 7.26. The Hall–Kier alpha value is -4.01. The van der Waals surface area contributed by atoms with E-state index in [2.05, 4.69) is 4.74 Å². The van der Waals surface area contributed by atoms with Gasteiger partial charge in [0.1, 0.15) is 0 Å². The molecule has 3 N–H and O–H groups in total. The van der Waals surface area contributed by atoms with Crippen molar-refractivity contribution in [2.75, 3.05) is 0 Å². The maximum atomic E-state index is 12.2. The highest BCUT2D eigenvalue weighted by Crippen LogP contribution is 2.17. The summed E-state index contributed by atoms with van der Waals surface area (Å²) in [5, 5.41) is 27.1. The van der Waals surface area contributed by atoms with E-state index in [9.17, 15) is 24.0 Å². The summed E-state index contributed by atoms with van der Waals surface area (Å²) in [5.74, 6) is -7.12. The third kappa shape index (κ3) is 3.73. The van der Waals surface area contributed by atoms with Gasteiger partial charge in [-0.05, 0) is 30.3 Å². The molecule has 132 valence electrons. The van der Waals surface area contributed by atoms with E-state index in [0.29, 0.717) is 0 Å². The molecule has 9 nitrogen and oxygen atoms in total. The molecule has 0 spiro atoms. The summed E-state index contributed by atoms with van der Waals surface area (Å²) in [6, 6.07) is 7.57. The summed E-state index contributed by atoms with van der Waals surface area (Å²) in [7, 11) is 0. The minimum atomic E-state index is -1.53. The Bertz CT molecular complexity index is 943. The number of hydrogen-bond donors (Lipinski definition) is 3. The minimum absolute atomic E-state index is 0.389.